The summed E-state index contributed by atoms with van der Waals surface area (Å²) in [6.45, 7) is 3.72. The predicted octanol–water partition coefficient (Wildman–Crippen LogP) is 3.67. The van der Waals surface area contributed by atoms with Crippen molar-refractivity contribution < 1.29 is 9.53 Å². The van der Waals surface area contributed by atoms with Gasteiger partial charge in [-0.1, -0.05) is 6.92 Å². The van der Waals surface area contributed by atoms with Gasteiger partial charge in [-0.05, 0) is 60.9 Å². The van der Waals surface area contributed by atoms with E-state index >= 15 is 0 Å². The molecule has 0 aromatic heterocycles. The van der Waals surface area contributed by atoms with Crippen molar-refractivity contribution in [3.8, 4) is 5.75 Å². The lowest BCUT2D eigenvalue weighted by atomic mass is 10.0. The highest BCUT2D eigenvalue weighted by Gasteiger charge is 2.14. The van der Waals surface area contributed by atoms with Crippen LogP contribution in [0.25, 0.3) is 0 Å². The first-order valence-corrected chi connectivity index (χ1v) is 7.42. The van der Waals surface area contributed by atoms with Gasteiger partial charge in [-0.2, -0.15) is 0 Å². The maximum absolute atomic E-state index is 12.5. The lowest BCUT2D eigenvalue weighted by molar-refractivity contribution is 0.103. The molecule has 2 aromatic carbocycles. The molecule has 2 aromatic rings. The van der Waals surface area contributed by atoms with Gasteiger partial charge in [0.25, 0.3) is 0 Å². The third kappa shape index (κ3) is 2.92. The van der Waals surface area contributed by atoms with E-state index in [0.717, 1.165) is 36.4 Å². The fraction of sp³-hybridized carbons (Fsp3) is 0.278. The van der Waals surface area contributed by atoms with Crippen LogP contribution < -0.4 is 10.1 Å². The highest BCUT2D eigenvalue weighted by molar-refractivity contribution is 6.09. The molecule has 1 aliphatic heterocycles. The first-order chi connectivity index (χ1) is 10.3. The van der Waals surface area contributed by atoms with E-state index in [0.29, 0.717) is 12.2 Å². The number of hydrogen-bond acceptors (Lipinski definition) is 3. The zero-order valence-electron chi connectivity index (χ0n) is 12.2. The molecule has 0 radical (unpaired) electrons. The van der Waals surface area contributed by atoms with Gasteiger partial charge in [-0.15, -0.1) is 0 Å². The minimum atomic E-state index is 0.0618. The molecule has 3 rings (SSSR count). The standard InChI is InChI=1S/C18H19NO2/c1-2-11-21-16-6-3-13(4-7-16)18(20)15-5-8-17-14(12-15)9-10-19-17/h3-8,12,19H,2,9-11H2,1H3. The number of carbonyl (C=O) groups is 1. The van der Waals surface area contributed by atoms with E-state index in [9.17, 15) is 4.79 Å². The molecule has 0 spiro atoms. The maximum atomic E-state index is 12.5. The Balaban J connectivity index is 1.78. The van der Waals surface area contributed by atoms with E-state index in [1.807, 2.05) is 42.5 Å². The van der Waals surface area contributed by atoms with Gasteiger partial charge in [0.15, 0.2) is 5.78 Å². The summed E-state index contributed by atoms with van der Waals surface area (Å²) in [6.07, 6.45) is 1.96. The van der Waals surface area contributed by atoms with Crippen LogP contribution in [0.4, 0.5) is 5.69 Å². The fourth-order valence-corrected chi connectivity index (χ4v) is 2.54. The highest BCUT2D eigenvalue weighted by Crippen LogP contribution is 2.24. The third-order valence-corrected chi connectivity index (χ3v) is 3.67. The summed E-state index contributed by atoms with van der Waals surface area (Å²) in [5, 5.41) is 3.31. The van der Waals surface area contributed by atoms with Gasteiger partial charge >= 0.3 is 0 Å². The van der Waals surface area contributed by atoms with Crippen LogP contribution in [-0.2, 0) is 6.42 Å². The highest BCUT2D eigenvalue weighted by atomic mass is 16.5. The van der Waals surface area contributed by atoms with E-state index < -0.39 is 0 Å². The van der Waals surface area contributed by atoms with Crippen LogP contribution in [0.3, 0.4) is 0 Å². The molecule has 0 bridgehead atoms. The molecule has 0 aliphatic carbocycles. The molecule has 1 heterocycles. The average Bonchev–Trinajstić information content (AvgIpc) is 3.00. The smallest absolute Gasteiger partial charge is 0.193 e. The molecule has 108 valence electrons. The zero-order valence-corrected chi connectivity index (χ0v) is 12.2. The monoisotopic (exact) mass is 281 g/mol. The SMILES string of the molecule is CCCOc1ccc(C(=O)c2ccc3c(c2)CCN3)cc1. The van der Waals surface area contributed by atoms with E-state index in [1.165, 1.54) is 5.56 Å². The van der Waals surface area contributed by atoms with Crippen molar-refractivity contribution >= 4 is 11.5 Å². The van der Waals surface area contributed by atoms with E-state index in [1.54, 1.807) is 0 Å². The molecule has 1 N–H and O–H groups in total. The Hall–Kier alpha value is -2.29. The lowest BCUT2D eigenvalue weighted by Crippen LogP contribution is -2.02. The van der Waals surface area contributed by atoms with Gasteiger partial charge in [-0.3, -0.25) is 4.79 Å². The minimum absolute atomic E-state index is 0.0618. The summed E-state index contributed by atoms with van der Waals surface area (Å²) < 4.78 is 5.54. The number of ether oxygens (including phenoxy) is 1. The van der Waals surface area contributed by atoms with Gasteiger partial charge in [0.2, 0.25) is 0 Å². The second kappa shape index (κ2) is 6.00. The van der Waals surface area contributed by atoms with Crippen molar-refractivity contribution in [2.75, 3.05) is 18.5 Å². The van der Waals surface area contributed by atoms with Crippen LogP contribution >= 0.6 is 0 Å². The Morgan fingerprint density at radius 1 is 1.14 bits per heavy atom. The Bertz CT molecular complexity index is 647. The Morgan fingerprint density at radius 3 is 2.67 bits per heavy atom. The second-order valence-corrected chi connectivity index (χ2v) is 5.25. The summed E-state index contributed by atoms with van der Waals surface area (Å²) in [4.78, 5) is 12.5. The molecule has 0 unspecified atom stereocenters. The molecule has 3 nitrogen and oxygen atoms in total. The Morgan fingerprint density at radius 2 is 1.90 bits per heavy atom. The summed E-state index contributed by atoms with van der Waals surface area (Å²) in [5.41, 5.74) is 3.82. The van der Waals surface area contributed by atoms with Gasteiger partial charge in [0.05, 0.1) is 6.61 Å². The van der Waals surface area contributed by atoms with Crippen molar-refractivity contribution in [3.63, 3.8) is 0 Å². The Kier molecular flexibility index (Phi) is 3.91. The first kappa shape index (κ1) is 13.7. The number of carbonyl (C=O) groups excluding carboxylic acids is 1. The van der Waals surface area contributed by atoms with Crippen LogP contribution in [-0.4, -0.2) is 18.9 Å². The van der Waals surface area contributed by atoms with Crippen molar-refractivity contribution in [2.24, 2.45) is 0 Å². The quantitative estimate of drug-likeness (QED) is 0.850. The van der Waals surface area contributed by atoms with Gasteiger partial charge in [0, 0.05) is 23.4 Å². The van der Waals surface area contributed by atoms with Crippen molar-refractivity contribution in [3.05, 3.63) is 59.2 Å². The molecule has 1 aliphatic rings. The number of nitrogens with one attached hydrogen (secondary N) is 1. The predicted molar refractivity (Wildman–Crippen MR) is 84.3 cm³/mol. The number of hydrogen-bond donors (Lipinski definition) is 1. The molecule has 3 heteroatoms. The molecule has 0 amide bonds. The largest absolute Gasteiger partial charge is 0.494 e. The van der Waals surface area contributed by atoms with E-state index in [4.69, 9.17) is 4.74 Å². The summed E-state index contributed by atoms with van der Waals surface area (Å²) in [6, 6.07) is 13.3. The summed E-state index contributed by atoms with van der Waals surface area (Å²) in [5.74, 6) is 0.873. The van der Waals surface area contributed by atoms with Crippen LogP contribution in [0, 0.1) is 0 Å². The number of anilines is 1. The number of benzene rings is 2. The molecule has 21 heavy (non-hydrogen) atoms. The fourth-order valence-electron chi connectivity index (χ4n) is 2.54. The van der Waals surface area contributed by atoms with E-state index in [-0.39, 0.29) is 5.78 Å². The number of ketones is 1. The summed E-state index contributed by atoms with van der Waals surface area (Å²) >= 11 is 0. The van der Waals surface area contributed by atoms with Crippen LogP contribution in [0.5, 0.6) is 5.75 Å². The molecule has 0 fully saturated rings. The van der Waals surface area contributed by atoms with Crippen LogP contribution in [0.1, 0.15) is 34.8 Å². The molecule has 0 atom stereocenters. The normalized spacial score (nSPS) is 12.6. The summed E-state index contributed by atoms with van der Waals surface area (Å²) in [7, 11) is 0. The van der Waals surface area contributed by atoms with Crippen molar-refractivity contribution in [1.82, 2.24) is 0 Å². The second-order valence-electron chi connectivity index (χ2n) is 5.25. The zero-order chi connectivity index (χ0) is 14.7. The van der Waals surface area contributed by atoms with Crippen LogP contribution in [0.15, 0.2) is 42.5 Å². The van der Waals surface area contributed by atoms with Crippen LogP contribution in [0.2, 0.25) is 0 Å². The third-order valence-electron chi connectivity index (χ3n) is 3.67. The van der Waals surface area contributed by atoms with Crippen molar-refractivity contribution in [1.29, 1.82) is 0 Å². The van der Waals surface area contributed by atoms with Gasteiger partial charge < -0.3 is 10.1 Å². The first-order valence-electron chi connectivity index (χ1n) is 7.42. The number of fused-ring (bicyclic) bond motifs is 1. The maximum Gasteiger partial charge on any atom is 0.193 e. The lowest BCUT2D eigenvalue weighted by Gasteiger charge is -2.07. The van der Waals surface area contributed by atoms with Gasteiger partial charge in [-0.25, -0.2) is 0 Å². The van der Waals surface area contributed by atoms with E-state index in [2.05, 4.69) is 12.2 Å². The van der Waals surface area contributed by atoms with Gasteiger partial charge in [0.1, 0.15) is 5.75 Å². The number of rotatable bonds is 5. The topological polar surface area (TPSA) is 38.3 Å². The molecular weight excluding hydrogens is 262 g/mol. The molecule has 0 saturated carbocycles. The molecule has 0 saturated heterocycles. The Labute approximate surface area is 124 Å². The minimum Gasteiger partial charge on any atom is -0.494 e. The average molecular weight is 281 g/mol. The molecular formula is C18H19NO2. The van der Waals surface area contributed by atoms with Crippen molar-refractivity contribution in [2.45, 2.75) is 19.8 Å².